The maximum absolute atomic E-state index is 11.2. The molecule has 0 saturated heterocycles. The van der Waals surface area contributed by atoms with Crippen LogP contribution in [-0.4, -0.2) is 11.2 Å². The number of allylic oxidation sites excluding steroid dienone is 5. The number of hydrogen-bond donors (Lipinski definition) is 1. The first-order valence-electron chi connectivity index (χ1n) is 14.9. The molecule has 0 radical (unpaired) electrons. The van der Waals surface area contributed by atoms with Gasteiger partial charge in [-0.1, -0.05) is 90.9 Å². The third kappa shape index (κ3) is 6.20. The van der Waals surface area contributed by atoms with Crippen LogP contribution in [0, 0.1) is 30.6 Å². The maximum atomic E-state index is 11.2. The lowest BCUT2D eigenvalue weighted by Crippen LogP contribution is -2.24. The van der Waals surface area contributed by atoms with Crippen molar-refractivity contribution in [1.29, 1.82) is 0 Å². The van der Waals surface area contributed by atoms with Gasteiger partial charge in [0.05, 0.1) is 6.10 Å². The van der Waals surface area contributed by atoms with Crippen molar-refractivity contribution in [3.05, 3.63) is 100 Å². The quantitative estimate of drug-likeness (QED) is 0.388. The predicted octanol–water partition coefficient (Wildman–Crippen LogP) is 9.00. The first-order chi connectivity index (χ1) is 18.0. The highest BCUT2D eigenvalue weighted by atomic mass is 16.3. The first kappa shape index (κ1) is 26.2. The molecule has 0 bridgehead atoms. The molecular weight excluding hydrogens is 448 g/mol. The molecule has 4 atom stereocenters. The molecule has 1 N–H and O–H groups in total. The molecule has 1 nitrogen and oxygen atoms in total. The van der Waals surface area contributed by atoms with E-state index in [0.717, 1.165) is 49.9 Å². The van der Waals surface area contributed by atoms with Gasteiger partial charge in [-0.2, -0.15) is 0 Å². The number of rotatable bonds is 8. The summed E-state index contributed by atoms with van der Waals surface area (Å²) in [6.45, 7) is 6.70. The third-order valence-corrected chi connectivity index (χ3v) is 9.89. The van der Waals surface area contributed by atoms with Crippen LogP contribution in [0.5, 0.6) is 0 Å². The number of aryl methyl sites for hydroxylation is 3. The summed E-state index contributed by atoms with van der Waals surface area (Å²) in [6.07, 6.45) is 21.9. The van der Waals surface area contributed by atoms with Crippen LogP contribution in [0.3, 0.4) is 0 Å². The molecule has 5 rings (SSSR count). The van der Waals surface area contributed by atoms with E-state index in [1.807, 2.05) is 0 Å². The van der Waals surface area contributed by atoms with Gasteiger partial charge in [0, 0.05) is 5.92 Å². The van der Waals surface area contributed by atoms with Crippen LogP contribution in [0.4, 0.5) is 0 Å². The Balaban J connectivity index is 1.20. The minimum absolute atomic E-state index is 0.201. The van der Waals surface area contributed by atoms with Crippen LogP contribution in [0.15, 0.2) is 72.3 Å². The summed E-state index contributed by atoms with van der Waals surface area (Å²) in [5.74, 6) is 3.33. The van der Waals surface area contributed by atoms with Crippen molar-refractivity contribution in [2.75, 3.05) is 0 Å². The van der Waals surface area contributed by atoms with Crippen molar-refractivity contribution in [2.45, 2.75) is 90.6 Å². The van der Waals surface area contributed by atoms with Crippen LogP contribution >= 0.6 is 0 Å². The molecule has 1 heteroatoms. The van der Waals surface area contributed by atoms with Crippen LogP contribution in [0.25, 0.3) is 6.08 Å². The van der Waals surface area contributed by atoms with Gasteiger partial charge in [-0.15, -0.1) is 0 Å². The lowest BCUT2D eigenvalue weighted by molar-refractivity contribution is 0.142. The van der Waals surface area contributed by atoms with Gasteiger partial charge < -0.3 is 5.11 Å². The minimum atomic E-state index is -0.201. The Kier molecular flexibility index (Phi) is 8.50. The number of hydrogen-bond acceptors (Lipinski definition) is 1. The zero-order valence-electron chi connectivity index (χ0n) is 23.2. The topological polar surface area (TPSA) is 20.2 Å². The summed E-state index contributed by atoms with van der Waals surface area (Å²) in [7, 11) is 0. The molecule has 2 fully saturated rings. The molecule has 196 valence electrons. The molecule has 2 aromatic rings. The summed E-state index contributed by atoms with van der Waals surface area (Å²) in [5.41, 5.74) is 8.43. The molecule has 2 saturated carbocycles. The van der Waals surface area contributed by atoms with Crippen molar-refractivity contribution in [2.24, 2.45) is 23.7 Å². The van der Waals surface area contributed by atoms with Crippen molar-refractivity contribution < 1.29 is 5.11 Å². The summed E-state index contributed by atoms with van der Waals surface area (Å²) >= 11 is 0. The Hall–Kier alpha value is -2.38. The van der Waals surface area contributed by atoms with Gasteiger partial charge in [-0.3, -0.25) is 0 Å². The fraction of sp³-hybridized carbons (Fsp3) is 0.500. The van der Waals surface area contributed by atoms with Gasteiger partial charge in [0.15, 0.2) is 0 Å². The second-order valence-electron chi connectivity index (χ2n) is 12.2. The first-order valence-corrected chi connectivity index (χ1v) is 14.9. The zero-order valence-corrected chi connectivity index (χ0v) is 23.2. The van der Waals surface area contributed by atoms with E-state index in [9.17, 15) is 5.11 Å². The molecule has 0 spiro atoms. The fourth-order valence-corrected chi connectivity index (χ4v) is 7.46. The van der Waals surface area contributed by atoms with Gasteiger partial charge in [-0.05, 0) is 118 Å². The molecule has 0 amide bonds. The van der Waals surface area contributed by atoms with Crippen LogP contribution in [0.2, 0.25) is 0 Å². The van der Waals surface area contributed by atoms with E-state index in [-0.39, 0.29) is 12.0 Å². The molecule has 4 unspecified atom stereocenters. The normalized spacial score (nSPS) is 28.6. The zero-order chi connectivity index (χ0) is 25.8. The molecule has 3 aliphatic carbocycles. The SMILES string of the molecule is CC=Cc1cc(C2CC(C3CCC(C(C)C4=CC=CC4)CC3)CC2O)ccc1CCc1ccc(C)cc1. The van der Waals surface area contributed by atoms with E-state index in [2.05, 4.69) is 93.6 Å². The number of aliphatic hydroxyl groups is 1. The molecule has 37 heavy (non-hydrogen) atoms. The van der Waals surface area contributed by atoms with Crippen molar-refractivity contribution in [3.63, 3.8) is 0 Å². The molecule has 0 heterocycles. The fourth-order valence-electron chi connectivity index (χ4n) is 7.46. The lowest BCUT2D eigenvalue weighted by Gasteiger charge is -2.35. The lowest BCUT2D eigenvalue weighted by atomic mass is 9.70. The molecule has 0 aliphatic heterocycles. The van der Waals surface area contributed by atoms with E-state index in [1.165, 1.54) is 53.5 Å². The number of benzene rings is 2. The summed E-state index contributed by atoms with van der Waals surface area (Å²) < 4.78 is 0. The molecular formula is C36H46O. The highest BCUT2D eigenvalue weighted by molar-refractivity contribution is 5.55. The van der Waals surface area contributed by atoms with Gasteiger partial charge >= 0.3 is 0 Å². The Morgan fingerprint density at radius 2 is 1.73 bits per heavy atom. The Bertz CT molecular complexity index is 1130. The second-order valence-corrected chi connectivity index (χ2v) is 12.2. The van der Waals surface area contributed by atoms with Gasteiger partial charge in [0.1, 0.15) is 0 Å². The second kappa shape index (κ2) is 12.0. The van der Waals surface area contributed by atoms with E-state index < -0.39 is 0 Å². The van der Waals surface area contributed by atoms with Crippen LogP contribution in [0.1, 0.15) is 92.5 Å². The largest absolute Gasteiger partial charge is 0.392 e. The summed E-state index contributed by atoms with van der Waals surface area (Å²) in [4.78, 5) is 0. The van der Waals surface area contributed by atoms with E-state index in [0.29, 0.717) is 5.92 Å². The van der Waals surface area contributed by atoms with Crippen molar-refractivity contribution in [1.82, 2.24) is 0 Å². The van der Waals surface area contributed by atoms with Crippen molar-refractivity contribution in [3.8, 4) is 0 Å². The molecule has 3 aliphatic rings. The van der Waals surface area contributed by atoms with E-state index in [1.54, 1.807) is 5.57 Å². The third-order valence-electron chi connectivity index (χ3n) is 9.89. The molecule has 0 aromatic heterocycles. The highest BCUT2D eigenvalue weighted by Gasteiger charge is 2.39. The average molecular weight is 495 g/mol. The van der Waals surface area contributed by atoms with Crippen molar-refractivity contribution >= 4 is 6.08 Å². The number of aliphatic hydroxyl groups excluding tert-OH is 1. The van der Waals surface area contributed by atoms with Crippen LogP contribution < -0.4 is 0 Å². The highest BCUT2D eigenvalue weighted by Crippen LogP contribution is 2.48. The van der Waals surface area contributed by atoms with E-state index in [4.69, 9.17) is 0 Å². The van der Waals surface area contributed by atoms with Gasteiger partial charge in [-0.25, -0.2) is 0 Å². The van der Waals surface area contributed by atoms with Crippen LogP contribution in [-0.2, 0) is 12.8 Å². The van der Waals surface area contributed by atoms with Gasteiger partial charge in [0.25, 0.3) is 0 Å². The van der Waals surface area contributed by atoms with E-state index >= 15 is 0 Å². The summed E-state index contributed by atoms with van der Waals surface area (Å²) in [6, 6.07) is 16.0. The maximum Gasteiger partial charge on any atom is 0.0611 e. The minimum Gasteiger partial charge on any atom is -0.392 e. The Morgan fingerprint density at radius 1 is 0.946 bits per heavy atom. The van der Waals surface area contributed by atoms with Gasteiger partial charge in [0.2, 0.25) is 0 Å². The Labute approximate surface area is 225 Å². The summed E-state index contributed by atoms with van der Waals surface area (Å²) in [5, 5.41) is 11.2. The average Bonchev–Trinajstić information content (AvgIpc) is 3.59. The Morgan fingerprint density at radius 3 is 2.43 bits per heavy atom. The monoisotopic (exact) mass is 494 g/mol. The molecule has 2 aromatic carbocycles. The predicted molar refractivity (Wildman–Crippen MR) is 158 cm³/mol. The smallest absolute Gasteiger partial charge is 0.0611 e. The standard InChI is InChI=1S/C36H46O/c1-4-7-32-22-33(21-20-30(32)15-14-27-12-10-25(2)11-13-27)35-23-34(24-36(35)37)31-18-16-29(17-19-31)26(3)28-8-5-6-9-28/h4-8,10-13,20-22,26,29,31,34-37H,9,14-19,23-24H2,1-3H3.